The van der Waals surface area contributed by atoms with E-state index in [1.54, 1.807) is 0 Å². The Bertz CT molecular complexity index is 370. The van der Waals surface area contributed by atoms with Gasteiger partial charge in [0.15, 0.2) is 0 Å². The number of hydrogen-bond donors (Lipinski definition) is 2. The van der Waals surface area contributed by atoms with Gasteiger partial charge < -0.3 is 10.6 Å². The Hall–Kier alpha value is -1.35. The van der Waals surface area contributed by atoms with E-state index in [1.807, 2.05) is 12.1 Å². The summed E-state index contributed by atoms with van der Waals surface area (Å²) >= 11 is 0. The maximum atomic E-state index is 11.7. The number of carbonyl (C=O) groups excluding carboxylic acids is 1. The number of hydrogen-bond acceptors (Lipinski definition) is 2. The van der Waals surface area contributed by atoms with Gasteiger partial charge in [0.1, 0.15) is 0 Å². The van der Waals surface area contributed by atoms with Crippen LogP contribution in [-0.2, 0) is 11.3 Å². The Labute approximate surface area is 96.2 Å². The summed E-state index contributed by atoms with van der Waals surface area (Å²) in [6.07, 6.45) is 2.06. The number of carbonyl (C=O) groups is 1. The van der Waals surface area contributed by atoms with Crippen LogP contribution in [0.2, 0.25) is 0 Å². The van der Waals surface area contributed by atoms with E-state index in [1.165, 1.54) is 5.56 Å². The fourth-order valence-electron chi connectivity index (χ4n) is 2.04. The highest BCUT2D eigenvalue weighted by Crippen LogP contribution is 2.06. The summed E-state index contributed by atoms with van der Waals surface area (Å²) in [7, 11) is 0. The molecule has 1 fully saturated rings. The zero-order valence-electron chi connectivity index (χ0n) is 9.62. The topological polar surface area (TPSA) is 41.1 Å². The number of rotatable bonds is 3. The maximum absolute atomic E-state index is 11.7. The first-order valence-electron chi connectivity index (χ1n) is 5.82. The zero-order valence-corrected chi connectivity index (χ0v) is 9.62. The first-order chi connectivity index (χ1) is 7.75. The lowest BCUT2D eigenvalue weighted by molar-refractivity contribution is -0.122. The molecule has 1 aliphatic heterocycles. The molecule has 1 heterocycles. The van der Waals surface area contributed by atoms with E-state index in [2.05, 4.69) is 29.7 Å². The van der Waals surface area contributed by atoms with Crippen LogP contribution in [0.25, 0.3) is 0 Å². The van der Waals surface area contributed by atoms with Crippen molar-refractivity contribution in [1.29, 1.82) is 0 Å². The molecule has 0 aliphatic carbocycles. The Morgan fingerprint density at radius 1 is 1.56 bits per heavy atom. The van der Waals surface area contributed by atoms with Crippen molar-refractivity contribution in [1.82, 2.24) is 10.6 Å². The van der Waals surface area contributed by atoms with Crippen molar-refractivity contribution in [3.63, 3.8) is 0 Å². The molecule has 1 aromatic rings. The molecule has 0 spiro atoms. The van der Waals surface area contributed by atoms with Crippen LogP contribution >= 0.6 is 0 Å². The lowest BCUT2D eigenvalue weighted by atomic mass is 10.1. The molecule has 1 aromatic carbocycles. The van der Waals surface area contributed by atoms with E-state index in [0.29, 0.717) is 6.54 Å². The lowest BCUT2D eigenvalue weighted by Crippen LogP contribution is -2.39. The fourth-order valence-corrected chi connectivity index (χ4v) is 2.04. The van der Waals surface area contributed by atoms with Crippen molar-refractivity contribution in [3.8, 4) is 0 Å². The molecule has 1 aliphatic rings. The summed E-state index contributed by atoms with van der Waals surface area (Å²) in [5.41, 5.74) is 2.39. The van der Waals surface area contributed by atoms with E-state index in [4.69, 9.17) is 0 Å². The van der Waals surface area contributed by atoms with Crippen molar-refractivity contribution < 1.29 is 4.79 Å². The van der Waals surface area contributed by atoms with Gasteiger partial charge in [0.05, 0.1) is 6.04 Å². The molecule has 0 saturated carbocycles. The third kappa shape index (κ3) is 2.83. The second-order valence-corrected chi connectivity index (χ2v) is 4.36. The van der Waals surface area contributed by atoms with Gasteiger partial charge in [-0.15, -0.1) is 0 Å². The second kappa shape index (κ2) is 5.12. The average molecular weight is 218 g/mol. The van der Waals surface area contributed by atoms with E-state index in [-0.39, 0.29) is 11.9 Å². The van der Waals surface area contributed by atoms with Crippen LogP contribution in [0.3, 0.4) is 0 Å². The SMILES string of the molecule is Cc1cccc(CNC(=O)C2CCCN2)c1. The van der Waals surface area contributed by atoms with Gasteiger partial charge in [-0.1, -0.05) is 29.8 Å². The number of nitrogens with one attached hydrogen (secondary N) is 2. The average Bonchev–Trinajstić information content (AvgIpc) is 2.79. The van der Waals surface area contributed by atoms with Gasteiger partial charge in [-0.2, -0.15) is 0 Å². The Morgan fingerprint density at radius 2 is 2.44 bits per heavy atom. The first kappa shape index (κ1) is 11.1. The fraction of sp³-hybridized carbons (Fsp3) is 0.462. The summed E-state index contributed by atoms with van der Waals surface area (Å²) in [5, 5.41) is 6.16. The molecular formula is C13H18N2O. The second-order valence-electron chi connectivity index (χ2n) is 4.36. The maximum Gasteiger partial charge on any atom is 0.237 e. The zero-order chi connectivity index (χ0) is 11.4. The highest BCUT2D eigenvalue weighted by Gasteiger charge is 2.21. The van der Waals surface area contributed by atoms with Gasteiger partial charge in [0, 0.05) is 6.54 Å². The van der Waals surface area contributed by atoms with Gasteiger partial charge in [-0.25, -0.2) is 0 Å². The molecule has 0 bridgehead atoms. The quantitative estimate of drug-likeness (QED) is 0.804. The van der Waals surface area contributed by atoms with Crippen LogP contribution in [-0.4, -0.2) is 18.5 Å². The molecule has 16 heavy (non-hydrogen) atoms. The molecule has 0 aromatic heterocycles. The summed E-state index contributed by atoms with van der Waals surface area (Å²) < 4.78 is 0. The number of benzene rings is 1. The molecule has 1 saturated heterocycles. The monoisotopic (exact) mass is 218 g/mol. The molecule has 3 nitrogen and oxygen atoms in total. The molecule has 2 rings (SSSR count). The van der Waals surface area contributed by atoms with E-state index in [9.17, 15) is 4.79 Å². The Kier molecular flexibility index (Phi) is 3.57. The van der Waals surface area contributed by atoms with Crippen molar-refractivity contribution in [3.05, 3.63) is 35.4 Å². The minimum atomic E-state index is 0.0183. The van der Waals surface area contributed by atoms with Gasteiger partial charge in [-0.05, 0) is 31.9 Å². The highest BCUT2D eigenvalue weighted by molar-refractivity contribution is 5.81. The van der Waals surface area contributed by atoms with Gasteiger partial charge >= 0.3 is 0 Å². The molecule has 1 amide bonds. The molecule has 2 N–H and O–H groups in total. The number of amides is 1. The molecule has 3 heteroatoms. The standard InChI is InChI=1S/C13H18N2O/c1-10-4-2-5-11(8-10)9-15-13(16)12-6-3-7-14-12/h2,4-5,8,12,14H,3,6-7,9H2,1H3,(H,15,16). The molecule has 0 radical (unpaired) electrons. The van der Waals surface area contributed by atoms with Crippen LogP contribution < -0.4 is 10.6 Å². The van der Waals surface area contributed by atoms with Crippen molar-refractivity contribution in [2.24, 2.45) is 0 Å². The van der Waals surface area contributed by atoms with E-state index in [0.717, 1.165) is 24.9 Å². The molecule has 1 unspecified atom stereocenters. The van der Waals surface area contributed by atoms with Crippen molar-refractivity contribution in [2.75, 3.05) is 6.54 Å². The minimum absolute atomic E-state index is 0.0183. The summed E-state index contributed by atoms with van der Waals surface area (Å²) in [4.78, 5) is 11.7. The summed E-state index contributed by atoms with van der Waals surface area (Å²) in [6, 6.07) is 8.23. The number of aryl methyl sites for hydroxylation is 1. The Balaban J connectivity index is 1.84. The summed E-state index contributed by atoms with van der Waals surface area (Å²) in [5.74, 6) is 0.124. The minimum Gasteiger partial charge on any atom is -0.351 e. The van der Waals surface area contributed by atoms with Crippen LogP contribution in [0.1, 0.15) is 24.0 Å². The van der Waals surface area contributed by atoms with Crippen LogP contribution in [0, 0.1) is 6.92 Å². The predicted octanol–water partition coefficient (Wildman–Crippen LogP) is 1.36. The van der Waals surface area contributed by atoms with Crippen LogP contribution in [0.4, 0.5) is 0 Å². The largest absolute Gasteiger partial charge is 0.351 e. The van der Waals surface area contributed by atoms with Crippen molar-refractivity contribution >= 4 is 5.91 Å². The predicted molar refractivity (Wildman–Crippen MR) is 64.1 cm³/mol. The van der Waals surface area contributed by atoms with Crippen molar-refractivity contribution in [2.45, 2.75) is 32.4 Å². The van der Waals surface area contributed by atoms with E-state index < -0.39 is 0 Å². The Morgan fingerprint density at radius 3 is 3.12 bits per heavy atom. The molecular weight excluding hydrogens is 200 g/mol. The third-order valence-electron chi connectivity index (χ3n) is 2.93. The third-order valence-corrected chi connectivity index (χ3v) is 2.93. The van der Waals surface area contributed by atoms with Crippen LogP contribution in [0.15, 0.2) is 24.3 Å². The first-order valence-corrected chi connectivity index (χ1v) is 5.82. The lowest BCUT2D eigenvalue weighted by Gasteiger charge is -2.11. The van der Waals surface area contributed by atoms with Crippen LogP contribution in [0.5, 0.6) is 0 Å². The smallest absolute Gasteiger partial charge is 0.237 e. The summed E-state index contributed by atoms with van der Waals surface area (Å²) in [6.45, 7) is 3.64. The van der Waals surface area contributed by atoms with Gasteiger partial charge in [0.2, 0.25) is 5.91 Å². The normalized spacial score (nSPS) is 19.7. The highest BCUT2D eigenvalue weighted by atomic mass is 16.2. The van der Waals surface area contributed by atoms with E-state index >= 15 is 0 Å². The van der Waals surface area contributed by atoms with Gasteiger partial charge in [-0.3, -0.25) is 4.79 Å². The van der Waals surface area contributed by atoms with Gasteiger partial charge in [0.25, 0.3) is 0 Å². The molecule has 1 atom stereocenters. The molecule has 86 valence electrons.